The minimum Gasteiger partial charge on any atom is -0.369 e. The Balaban J connectivity index is 2.48. The zero-order valence-corrected chi connectivity index (χ0v) is 18.4. The van der Waals surface area contributed by atoms with Gasteiger partial charge in [0.15, 0.2) is 0 Å². The summed E-state index contributed by atoms with van der Waals surface area (Å²) < 4.78 is 0. The highest BCUT2D eigenvalue weighted by molar-refractivity contribution is 6.05. The van der Waals surface area contributed by atoms with Gasteiger partial charge >= 0.3 is 0 Å². The Morgan fingerprint density at radius 1 is 0.966 bits per heavy atom. The summed E-state index contributed by atoms with van der Waals surface area (Å²) in [6.45, 7) is 12.7. The number of aryl methyl sites for hydroxylation is 2. The van der Waals surface area contributed by atoms with Crippen LogP contribution in [0.2, 0.25) is 0 Å². The van der Waals surface area contributed by atoms with Gasteiger partial charge in [-0.25, -0.2) is 0 Å². The van der Waals surface area contributed by atoms with E-state index >= 15 is 0 Å². The molecule has 0 saturated heterocycles. The molecule has 29 heavy (non-hydrogen) atoms. The van der Waals surface area contributed by atoms with E-state index in [1.807, 2.05) is 14.0 Å². The summed E-state index contributed by atoms with van der Waals surface area (Å²) in [4.78, 5) is 11.5. The molecular formula is C26H34N2O. The van der Waals surface area contributed by atoms with E-state index in [0.717, 1.165) is 35.1 Å². The molecule has 2 rings (SSSR count). The fourth-order valence-electron chi connectivity index (χ4n) is 3.57. The third-order valence-electron chi connectivity index (χ3n) is 5.68. The summed E-state index contributed by atoms with van der Waals surface area (Å²) in [7, 11) is 1.96. The first-order valence-electron chi connectivity index (χ1n) is 10.2. The van der Waals surface area contributed by atoms with E-state index in [9.17, 15) is 4.79 Å². The second kappa shape index (κ2) is 10.2. The minimum atomic E-state index is -0.246. The summed E-state index contributed by atoms with van der Waals surface area (Å²) in [5.41, 5.74) is 13.6. The smallest absolute Gasteiger partial charge is 0.220 e. The van der Waals surface area contributed by atoms with Gasteiger partial charge in [-0.15, -0.1) is 0 Å². The number of nitrogens with one attached hydrogen (secondary N) is 1. The van der Waals surface area contributed by atoms with E-state index in [4.69, 9.17) is 5.73 Å². The first-order valence-corrected chi connectivity index (χ1v) is 10.2. The largest absolute Gasteiger partial charge is 0.369 e. The second-order valence-corrected chi connectivity index (χ2v) is 7.99. The van der Waals surface area contributed by atoms with Crippen LogP contribution >= 0.6 is 0 Å². The first kappa shape index (κ1) is 22.6. The van der Waals surface area contributed by atoms with Crippen LogP contribution in [-0.2, 0) is 4.79 Å². The van der Waals surface area contributed by atoms with Crippen molar-refractivity contribution in [3.05, 3.63) is 82.9 Å². The topological polar surface area (TPSA) is 55.1 Å². The Morgan fingerprint density at radius 2 is 1.45 bits per heavy atom. The molecule has 0 saturated carbocycles. The molecule has 3 heteroatoms. The molecule has 2 aromatic carbocycles. The predicted octanol–water partition coefficient (Wildman–Crippen LogP) is 5.28. The van der Waals surface area contributed by atoms with Gasteiger partial charge in [-0.1, -0.05) is 73.2 Å². The van der Waals surface area contributed by atoms with Crippen molar-refractivity contribution in [3.8, 4) is 0 Å². The van der Waals surface area contributed by atoms with Gasteiger partial charge in [0.2, 0.25) is 5.91 Å². The van der Waals surface area contributed by atoms with Crippen LogP contribution in [0.5, 0.6) is 0 Å². The molecule has 0 radical (unpaired) electrons. The fraction of sp³-hybridized carbons (Fsp3) is 0.346. The molecule has 2 atom stereocenters. The van der Waals surface area contributed by atoms with Crippen LogP contribution in [0.15, 0.2) is 60.7 Å². The molecule has 1 amide bonds. The van der Waals surface area contributed by atoms with E-state index in [2.05, 4.69) is 81.2 Å². The van der Waals surface area contributed by atoms with Gasteiger partial charge in [0, 0.05) is 12.0 Å². The van der Waals surface area contributed by atoms with Gasteiger partial charge in [0.1, 0.15) is 0 Å². The van der Waals surface area contributed by atoms with E-state index in [-0.39, 0.29) is 17.9 Å². The normalized spacial score (nSPS) is 14.1. The molecule has 0 aliphatic carbocycles. The molecule has 2 aromatic rings. The van der Waals surface area contributed by atoms with Crippen LogP contribution in [0.4, 0.5) is 0 Å². The summed E-state index contributed by atoms with van der Waals surface area (Å²) in [6, 6.07) is 17.2. The molecule has 0 spiro atoms. The SMILES string of the molecule is C=C(/C(=C(/C)C(CCC(C)C(N)=O)NC)c1ccc(C)cc1)c1ccc(C)cc1. The molecule has 3 nitrogen and oxygen atoms in total. The average Bonchev–Trinajstić information content (AvgIpc) is 2.70. The molecule has 0 heterocycles. The lowest BCUT2D eigenvalue weighted by Crippen LogP contribution is -2.29. The van der Waals surface area contributed by atoms with Crippen molar-refractivity contribution in [2.45, 2.75) is 46.6 Å². The number of primary amides is 1. The zero-order chi connectivity index (χ0) is 21.6. The summed E-state index contributed by atoms with van der Waals surface area (Å²) in [5, 5.41) is 3.42. The minimum absolute atomic E-state index is 0.135. The maximum atomic E-state index is 11.5. The van der Waals surface area contributed by atoms with Crippen molar-refractivity contribution >= 4 is 17.1 Å². The molecule has 154 valence electrons. The number of rotatable bonds is 9. The number of hydrogen-bond donors (Lipinski definition) is 2. The van der Waals surface area contributed by atoms with Gasteiger partial charge in [-0.2, -0.15) is 0 Å². The van der Waals surface area contributed by atoms with E-state index in [1.54, 1.807) is 0 Å². The molecule has 0 fully saturated rings. The number of allylic oxidation sites excluding steroid dienone is 2. The van der Waals surface area contributed by atoms with Gasteiger partial charge in [0.05, 0.1) is 0 Å². The molecule has 0 bridgehead atoms. The van der Waals surface area contributed by atoms with Crippen LogP contribution in [0.1, 0.15) is 48.9 Å². The highest BCUT2D eigenvalue weighted by Crippen LogP contribution is 2.35. The van der Waals surface area contributed by atoms with Gasteiger partial charge in [-0.05, 0) is 68.5 Å². The summed E-state index contributed by atoms with van der Waals surface area (Å²) >= 11 is 0. The number of nitrogens with two attached hydrogens (primary N) is 1. The van der Waals surface area contributed by atoms with Crippen LogP contribution in [0.25, 0.3) is 11.1 Å². The number of amides is 1. The molecule has 0 aliphatic rings. The van der Waals surface area contributed by atoms with Crippen LogP contribution < -0.4 is 11.1 Å². The fourth-order valence-corrected chi connectivity index (χ4v) is 3.57. The highest BCUT2D eigenvalue weighted by atomic mass is 16.1. The first-order chi connectivity index (χ1) is 13.7. The number of likely N-dealkylation sites (N-methyl/N-ethyl adjacent to an activating group) is 1. The van der Waals surface area contributed by atoms with Crippen LogP contribution in [-0.4, -0.2) is 19.0 Å². The van der Waals surface area contributed by atoms with Gasteiger partial charge in [-0.3, -0.25) is 4.79 Å². The van der Waals surface area contributed by atoms with Crippen molar-refractivity contribution in [3.63, 3.8) is 0 Å². The maximum Gasteiger partial charge on any atom is 0.220 e. The average molecular weight is 391 g/mol. The lowest BCUT2D eigenvalue weighted by molar-refractivity contribution is -0.121. The van der Waals surface area contributed by atoms with Gasteiger partial charge in [0.25, 0.3) is 0 Å². The van der Waals surface area contributed by atoms with E-state index in [1.165, 1.54) is 16.7 Å². The Morgan fingerprint density at radius 3 is 1.90 bits per heavy atom. The van der Waals surface area contributed by atoms with Crippen molar-refractivity contribution in [1.82, 2.24) is 5.32 Å². The third kappa shape index (κ3) is 5.91. The van der Waals surface area contributed by atoms with Crippen molar-refractivity contribution in [2.75, 3.05) is 7.05 Å². The second-order valence-electron chi connectivity index (χ2n) is 7.99. The Kier molecular flexibility index (Phi) is 7.98. The number of benzene rings is 2. The number of hydrogen-bond acceptors (Lipinski definition) is 2. The lowest BCUT2D eigenvalue weighted by Gasteiger charge is -2.24. The third-order valence-corrected chi connectivity index (χ3v) is 5.68. The van der Waals surface area contributed by atoms with Crippen molar-refractivity contribution in [2.24, 2.45) is 11.7 Å². The Bertz CT molecular complexity index is 876. The number of carbonyl (C=O) groups is 1. The molecule has 2 unspecified atom stereocenters. The summed E-state index contributed by atoms with van der Waals surface area (Å²) in [5.74, 6) is -0.383. The van der Waals surface area contributed by atoms with E-state index in [0.29, 0.717) is 0 Å². The maximum absolute atomic E-state index is 11.5. The van der Waals surface area contributed by atoms with Crippen LogP contribution in [0, 0.1) is 19.8 Å². The van der Waals surface area contributed by atoms with Gasteiger partial charge < -0.3 is 11.1 Å². The zero-order valence-electron chi connectivity index (χ0n) is 18.4. The monoisotopic (exact) mass is 390 g/mol. The quantitative estimate of drug-likeness (QED) is 0.572. The Labute approximate surface area is 175 Å². The lowest BCUT2D eigenvalue weighted by atomic mass is 9.85. The van der Waals surface area contributed by atoms with Crippen molar-refractivity contribution in [1.29, 1.82) is 0 Å². The predicted molar refractivity (Wildman–Crippen MR) is 124 cm³/mol. The number of carbonyl (C=O) groups excluding carboxylic acids is 1. The highest BCUT2D eigenvalue weighted by Gasteiger charge is 2.19. The standard InChI is InChI=1S/C26H34N2O/c1-17-7-12-22(13-8-17)20(4)25(23-14-9-18(2)10-15-23)21(5)24(28-6)16-11-19(3)26(27)29/h7-10,12-15,19,24,28H,4,11,16H2,1-3,5-6H3,(H2,27,29)/b25-21+. The molecular weight excluding hydrogens is 356 g/mol. The van der Waals surface area contributed by atoms with Crippen molar-refractivity contribution < 1.29 is 4.79 Å². The molecule has 3 N–H and O–H groups in total. The Hall–Kier alpha value is -2.65. The van der Waals surface area contributed by atoms with E-state index < -0.39 is 0 Å². The molecule has 0 aromatic heterocycles. The van der Waals surface area contributed by atoms with Crippen LogP contribution in [0.3, 0.4) is 0 Å². The molecule has 0 aliphatic heterocycles. The summed E-state index contributed by atoms with van der Waals surface area (Å²) in [6.07, 6.45) is 1.58.